The molecule has 1 aliphatic rings. The lowest BCUT2D eigenvalue weighted by Crippen LogP contribution is -2.30. The summed E-state index contributed by atoms with van der Waals surface area (Å²) in [6, 6.07) is 9.02. The highest BCUT2D eigenvalue weighted by atomic mass is 16.5. The van der Waals surface area contributed by atoms with Crippen LogP contribution >= 0.6 is 0 Å². The topological polar surface area (TPSA) is 68.5 Å². The van der Waals surface area contributed by atoms with Crippen molar-refractivity contribution in [1.29, 1.82) is 0 Å². The third kappa shape index (κ3) is 4.54. The van der Waals surface area contributed by atoms with E-state index in [0.29, 0.717) is 12.2 Å². The Hall–Kier alpha value is -2.56. The minimum atomic E-state index is -0.0969. The van der Waals surface area contributed by atoms with Crippen molar-refractivity contribution in [3.05, 3.63) is 53.5 Å². The molecule has 1 atom stereocenters. The van der Waals surface area contributed by atoms with Crippen LogP contribution in [0.4, 0.5) is 0 Å². The highest BCUT2D eigenvalue weighted by Crippen LogP contribution is 2.30. The van der Waals surface area contributed by atoms with Crippen molar-refractivity contribution in [2.75, 3.05) is 6.61 Å². The normalized spacial score (nSPS) is 16.0. The number of benzene rings is 1. The first-order chi connectivity index (χ1) is 12.7. The van der Waals surface area contributed by atoms with Gasteiger partial charge in [-0.05, 0) is 49.6 Å². The average Bonchev–Trinajstić information content (AvgIpc) is 3.15. The number of hydrogen-bond donors (Lipinski definition) is 1. The molecule has 0 bridgehead atoms. The second-order valence-electron chi connectivity index (χ2n) is 6.61. The Labute approximate surface area is 153 Å². The molecule has 1 aromatic carbocycles. The Balaban J connectivity index is 1.48. The van der Waals surface area contributed by atoms with Gasteiger partial charge in [-0.2, -0.15) is 0 Å². The molecule has 1 heterocycles. The maximum Gasteiger partial charge on any atom is 0.220 e. The van der Waals surface area contributed by atoms with Gasteiger partial charge in [-0.25, -0.2) is 0 Å². The number of hydrogen-bond acceptors (Lipinski definition) is 4. The van der Waals surface area contributed by atoms with Gasteiger partial charge in [-0.3, -0.25) is 9.59 Å². The molecule has 0 spiro atoms. The fourth-order valence-corrected chi connectivity index (χ4v) is 3.23. The minimum absolute atomic E-state index is 0.00454. The van der Waals surface area contributed by atoms with Crippen LogP contribution in [0.15, 0.2) is 41.0 Å². The molecule has 1 aliphatic carbocycles. The minimum Gasteiger partial charge on any atom is -0.494 e. The van der Waals surface area contributed by atoms with Crippen LogP contribution in [0, 0.1) is 0 Å². The van der Waals surface area contributed by atoms with E-state index in [2.05, 4.69) is 5.32 Å². The second-order valence-corrected chi connectivity index (χ2v) is 6.61. The average molecular weight is 355 g/mol. The maximum atomic E-state index is 12.3. The van der Waals surface area contributed by atoms with E-state index in [1.54, 1.807) is 30.5 Å². The Morgan fingerprint density at radius 2 is 2.00 bits per heavy atom. The number of amides is 1. The predicted octanol–water partition coefficient (Wildman–Crippen LogP) is 4.23. The standard InChI is InChI=1S/C21H25NO4/c1-2-13-25-16-8-6-15(7-9-16)19(23)10-11-21(24)22-18-4-3-5-20-17(18)12-14-26-20/h6-9,12,14,18H,2-5,10-11,13H2,1H3,(H,22,24). The third-order valence-electron chi connectivity index (χ3n) is 4.62. The lowest BCUT2D eigenvalue weighted by Gasteiger charge is -2.22. The Kier molecular flexibility index (Phi) is 6.10. The fraction of sp³-hybridized carbons (Fsp3) is 0.429. The van der Waals surface area contributed by atoms with E-state index in [4.69, 9.17) is 9.15 Å². The summed E-state index contributed by atoms with van der Waals surface area (Å²) >= 11 is 0. The van der Waals surface area contributed by atoms with Gasteiger partial charge in [0.05, 0.1) is 18.9 Å². The first-order valence-electron chi connectivity index (χ1n) is 9.29. The summed E-state index contributed by atoms with van der Waals surface area (Å²) in [6.45, 7) is 2.70. The van der Waals surface area contributed by atoms with Gasteiger partial charge in [0.1, 0.15) is 11.5 Å². The van der Waals surface area contributed by atoms with E-state index in [9.17, 15) is 9.59 Å². The number of carbonyl (C=O) groups excluding carboxylic acids is 2. The third-order valence-corrected chi connectivity index (χ3v) is 4.62. The van der Waals surface area contributed by atoms with Gasteiger partial charge in [-0.15, -0.1) is 0 Å². The number of nitrogens with one attached hydrogen (secondary N) is 1. The Bertz CT molecular complexity index is 748. The van der Waals surface area contributed by atoms with E-state index < -0.39 is 0 Å². The Morgan fingerprint density at radius 3 is 2.77 bits per heavy atom. The lowest BCUT2D eigenvalue weighted by molar-refractivity contribution is -0.121. The van der Waals surface area contributed by atoms with Gasteiger partial charge in [0.2, 0.25) is 5.91 Å². The summed E-state index contributed by atoms with van der Waals surface area (Å²) in [6.07, 6.45) is 5.83. The zero-order valence-corrected chi connectivity index (χ0v) is 15.1. The lowest BCUT2D eigenvalue weighted by atomic mass is 9.93. The molecule has 0 saturated carbocycles. The quantitative estimate of drug-likeness (QED) is 0.720. The SMILES string of the molecule is CCCOc1ccc(C(=O)CCC(=O)NC2CCCc3occc32)cc1. The van der Waals surface area contributed by atoms with E-state index in [0.717, 1.165) is 42.8 Å². The number of aryl methyl sites for hydroxylation is 1. The number of ether oxygens (including phenoxy) is 1. The fourth-order valence-electron chi connectivity index (χ4n) is 3.23. The summed E-state index contributed by atoms with van der Waals surface area (Å²) in [4.78, 5) is 24.5. The van der Waals surface area contributed by atoms with E-state index in [1.807, 2.05) is 13.0 Å². The monoisotopic (exact) mass is 355 g/mol. The van der Waals surface area contributed by atoms with Crippen molar-refractivity contribution in [1.82, 2.24) is 5.32 Å². The molecule has 5 heteroatoms. The largest absolute Gasteiger partial charge is 0.494 e. The number of fused-ring (bicyclic) bond motifs is 1. The van der Waals surface area contributed by atoms with E-state index in [1.165, 1.54) is 0 Å². The molecule has 26 heavy (non-hydrogen) atoms. The molecule has 3 rings (SSSR count). The number of furan rings is 1. The van der Waals surface area contributed by atoms with Crippen LogP contribution in [0.1, 0.15) is 66.8 Å². The van der Waals surface area contributed by atoms with E-state index in [-0.39, 0.29) is 30.6 Å². The molecule has 2 aromatic rings. The molecule has 0 aliphatic heterocycles. The number of ketones is 1. The van der Waals surface area contributed by atoms with Crippen molar-refractivity contribution in [3.8, 4) is 5.75 Å². The van der Waals surface area contributed by atoms with Crippen molar-refractivity contribution in [2.24, 2.45) is 0 Å². The van der Waals surface area contributed by atoms with Crippen LogP contribution in [0.3, 0.4) is 0 Å². The van der Waals surface area contributed by atoms with Crippen molar-refractivity contribution in [3.63, 3.8) is 0 Å². The maximum absolute atomic E-state index is 12.3. The molecule has 1 amide bonds. The molecule has 1 unspecified atom stereocenters. The first kappa shape index (κ1) is 18.2. The van der Waals surface area contributed by atoms with Gasteiger partial charge >= 0.3 is 0 Å². The predicted molar refractivity (Wildman–Crippen MR) is 98.3 cm³/mol. The molecule has 1 N–H and O–H groups in total. The van der Waals surface area contributed by atoms with Crippen molar-refractivity contribution >= 4 is 11.7 Å². The number of rotatable bonds is 8. The number of carbonyl (C=O) groups is 2. The molecular formula is C21H25NO4. The van der Waals surface area contributed by atoms with Crippen molar-refractivity contribution in [2.45, 2.75) is 51.5 Å². The molecular weight excluding hydrogens is 330 g/mol. The summed E-state index contributed by atoms with van der Waals surface area (Å²) in [7, 11) is 0. The van der Waals surface area contributed by atoms with Crippen LogP contribution in [0.5, 0.6) is 5.75 Å². The van der Waals surface area contributed by atoms with Crippen molar-refractivity contribution < 1.29 is 18.7 Å². The molecule has 138 valence electrons. The Morgan fingerprint density at radius 1 is 1.19 bits per heavy atom. The molecule has 0 saturated heterocycles. The molecule has 0 radical (unpaired) electrons. The zero-order valence-electron chi connectivity index (χ0n) is 15.1. The number of Topliss-reactive ketones (excluding diaryl/α,β-unsaturated/α-hetero) is 1. The first-order valence-corrected chi connectivity index (χ1v) is 9.29. The van der Waals surface area contributed by atoms with Gasteiger partial charge < -0.3 is 14.5 Å². The second kappa shape index (κ2) is 8.70. The molecule has 5 nitrogen and oxygen atoms in total. The van der Waals surface area contributed by atoms with Gasteiger partial charge in [0.25, 0.3) is 0 Å². The van der Waals surface area contributed by atoms with Crippen LogP contribution in [-0.4, -0.2) is 18.3 Å². The van der Waals surface area contributed by atoms with Crippen LogP contribution in [0.25, 0.3) is 0 Å². The summed E-state index contributed by atoms with van der Waals surface area (Å²) < 4.78 is 11.0. The van der Waals surface area contributed by atoms with Gasteiger partial charge in [0, 0.05) is 30.4 Å². The summed E-state index contributed by atoms with van der Waals surface area (Å²) in [5, 5.41) is 3.03. The van der Waals surface area contributed by atoms with Crippen LogP contribution < -0.4 is 10.1 Å². The molecule has 0 fully saturated rings. The highest BCUT2D eigenvalue weighted by molar-refractivity contribution is 5.98. The van der Waals surface area contributed by atoms with Gasteiger partial charge in [-0.1, -0.05) is 6.92 Å². The van der Waals surface area contributed by atoms with E-state index >= 15 is 0 Å². The van der Waals surface area contributed by atoms with Crippen LogP contribution in [0.2, 0.25) is 0 Å². The molecule has 1 aromatic heterocycles. The smallest absolute Gasteiger partial charge is 0.220 e. The summed E-state index contributed by atoms with van der Waals surface area (Å²) in [5.41, 5.74) is 1.68. The van der Waals surface area contributed by atoms with Crippen LogP contribution in [-0.2, 0) is 11.2 Å². The highest BCUT2D eigenvalue weighted by Gasteiger charge is 2.24. The zero-order chi connectivity index (χ0) is 18.4. The summed E-state index contributed by atoms with van der Waals surface area (Å²) in [5.74, 6) is 1.59. The van der Waals surface area contributed by atoms with Gasteiger partial charge in [0.15, 0.2) is 5.78 Å².